The first-order chi connectivity index (χ1) is 19.1. The molecule has 0 aliphatic carbocycles. The molecule has 2 aromatic carbocycles. The summed E-state index contributed by atoms with van der Waals surface area (Å²) in [6, 6.07) is 8.89. The van der Waals surface area contributed by atoms with Crippen LogP contribution in [0, 0.1) is 0 Å². The summed E-state index contributed by atoms with van der Waals surface area (Å²) in [6.45, 7) is 4.00. The number of alkyl halides is 3. The van der Waals surface area contributed by atoms with Crippen LogP contribution >= 0.6 is 22.9 Å². The molecular formula is C27H25ClF3N5O3S. The molecule has 0 unspecified atom stereocenters. The van der Waals surface area contributed by atoms with Crippen molar-refractivity contribution in [1.29, 1.82) is 0 Å². The Hall–Kier alpha value is -3.77. The molecule has 1 aliphatic heterocycles. The summed E-state index contributed by atoms with van der Waals surface area (Å²) in [5, 5.41) is 19.1. The highest BCUT2D eigenvalue weighted by Gasteiger charge is 2.33. The molecule has 1 fully saturated rings. The number of hydrogen-bond acceptors (Lipinski definition) is 7. The molecule has 0 bridgehead atoms. The summed E-state index contributed by atoms with van der Waals surface area (Å²) in [5.74, 6) is -0.299. The molecule has 40 heavy (non-hydrogen) atoms. The Kier molecular flexibility index (Phi) is 7.90. The summed E-state index contributed by atoms with van der Waals surface area (Å²) in [4.78, 5) is 20.5. The molecule has 1 saturated heterocycles. The summed E-state index contributed by atoms with van der Waals surface area (Å²) in [5.41, 5.74) is 0.702. The van der Waals surface area contributed by atoms with Crippen molar-refractivity contribution < 1.29 is 27.8 Å². The second-order valence-electron chi connectivity index (χ2n) is 9.14. The Morgan fingerprint density at radius 1 is 1.20 bits per heavy atom. The average Bonchev–Trinajstić information content (AvgIpc) is 3.45. The number of H-pyrrole nitrogens is 1. The van der Waals surface area contributed by atoms with Gasteiger partial charge >= 0.3 is 12.3 Å². The molecule has 0 atom stereocenters. The molecule has 1 amide bonds. The SMILES string of the molecule is CCOC(=O)N1CCCN(c2nc(O)c(C(=Cc3ccc(Cl)cc3C(F)(F)F)c3ccc4[nH]ncc4c3)s2)CC1. The standard InChI is InChI=1S/C27H25ClF3N5O3S/c1-2-39-26(38)36-9-3-8-35(10-11-36)25-33-24(37)23(40-25)20(16-5-7-22-18(12-16)15-32-34-22)13-17-4-6-19(28)14-21(17)27(29,30)31/h4-7,12-15,37H,2-3,8-11H2,1H3,(H,32,34). The second-order valence-corrected chi connectivity index (χ2v) is 10.5. The van der Waals surface area contributed by atoms with Gasteiger partial charge in [-0.15, -0.1) is 0 Å². The highest BCUT2D eigenvalue weighted by molar-refractivity contribution is 7.17. The van der Waals surface area contributed by atoms with Crippen molar-refractivity contribution in [1.82, 2.24) is 20.1 Å². The number of halogens is 4. The van der Waals surface area contributed by atoms with E-state index in [1.165, 1.54) is 29.5 Å². The monoisotopic (exact) mass is 591 g/mol. The van der Waals surface area contributed by atoms with Gasteiger partial charge in [0.1, 0.15) is 4.88 Å². The van der Waals surface area contributed by atoms with E-state index in [9.17, 15) is 23.1 Å². The van der Waals surface area contributed by atoms with Crippen molar-refractivity contribution in [2.24, 2.45) is 0 Å². The smallest absolute Gasteiger partial charge is 0.417 e. The normalized spacial score (nSPS) is 15.0. The van der Waals surface area contributed by atoms with Crippen LogP contribution in [-0.2, 0) is 10.9 Å². The molecule has 0 spiro atoms. The van der Waals surface area contributed by atoms with Gasteiger partial charge in [0.15, 0.2) is 5.13 Å². The number of aromatic nitrogens is 3. The van der Waals surface area contributed by atoms with Gasteiger partial charge in [0.25, 0.3) is 0 Å². The maximum atomic E-state index is 13.9. The average molecular weight is 592 g/mol. The van der Waals surface area contributed by atoms with E-state index in [-0.39, 0.29) is 29.2 Å². The summed E-state index contributed by atoms with van der Waals surface area (Å²) < 4.78 is 47.0. The van der Waals surface area contributed by atoms with Crippen molar-refractivity contribution in [2.45, 2.75) is 19.5 Å². The number of carbonyl (C=O) groups is 1. The van der Waals surface area contributed by atoms with Crippen molar-refractivity contribution in [2.75, 3.05) is 37.7 Å². The van der Waals surface area contributed by atoms with Crippen LogP contribution in [0.25, 0.3) is 22.6 Å². The minimum absolute atomic E-state index is 0.0354. The zero-order chi connectivity index (χ0) is 28.4. The van der Waals surface area contributed by atoms with Crippen LogP contribution in [-0.4, -0.2) is 64.1 Å². The molecule has 1 aliphatic rings. The zero-order valence-electron chi connectivity index (χ0n) is 21.3. The number of nitrogens with zero attached hydrogens (tertiary/aromatic N) is 4. The largest absolute Gasteiger partial charge is 0.492 e. The van der Waals surface area contributed by atoms with Gasteiger partial charge in [-0.25, -0.2) is 4.79 Å². The van der Waals surface area contributed by atoms with E-state index in [1.807, 2.05) is 4.90 Å². The molecule has 13 heteroatoms. The van der Waals surface area contributed by atoms with E-state index >= 15 is 0 Å². The predicted octanol–water partition coefficient (Wildman–Crippen LogP) is 6.65. The van der Waals surface area contributed by atoms with Crippen LogP contribution in [0.3, 0.4) is 0 Å². The van der Waals surface area contributed by atoms with E-state index in [4.69, 9.17) is 16.3 Å². The van der Waals surface area contributed by atoms with Crippen LogP contribution in [0.15, 0.2) is 42.6 Å². The van der Waals surface area contributed by atoms with E-state index in [0.717, 1.165) is 17.0 Å². The number of rotatable bonds is 5. The predicted molar refractivity (Wildman–Crippen MR) is 149 cm³/mol. The number of hydrogen-bond donors (Lipinski definition) is 2. The van der Waals surface area contributed by atoms with Gasteiger partial charge in [0, 0.05) is 42.2 Å². The Morgan fingerprint density at radius 2 is 2.02 bits per heavy atom. The Labute approximate surface area is 236 Å². The minimum Gasteiger partial charge on any atom is -0.492 e. The van der Waals surface area contributed by atoms with E-state index in [0.29, 0.717) is 53.7 Å². The lowest BCUT2D eigenvalue weighted by molar-refractivity contribution is -0.137. The first kappa shape index (κ1) is 27.8. The van der Waals surface area contributed by atoms with Crippen molar-refractivity contribution >= 4 is 56.7 Å². The van der Waals surface area contributed by atoms with Gasteiger partial charge in [-0.1, -0.05) is 35.1 Å². The molecule has 3 heterocycles. The molecule has 8 nitrogen and oxygen atoms in total. The minimum atomic E-state index is -4.64. The first-order valence-corrected chi connectivity index (χ1v) is 13.7. The van der Waals surface area contributed by atoms with Crippen LogP contribution in [0.1, 0.15) is 34.9 Å². The molecule has 210 valence electrons. The van der Waals surface area contributed by atoms with Crippen LogP contribution in [0.2, 0.25) is 5.02 Å². The van der Waals surface area contributed by atoms with Crippen molar-refractivity contribution in [3.8, 4) is 5.88 Å². The van der Waals surface area contributed by atoms with E-state index in [2.05, 4.69) is 15.2 Å². The van der Waals surface area contributed by atoms with E-state index in [1.54, 1.807) is 36.2 Å². The lowest BCUT2D eigenvalue weighted by atomic mass is 9.98. The number of thiazole rings is 1. The summed E-state index contributed by atoms with van der Waals surface area (Å²) >= 11 is 7.08. The molecule has 0 saturated carbocycles. The number of nitrogens with one attached hydrogen (secondary N) is 1. The zero-order valence-corrected chi connectivity index (χ0v) is 22.9. The molecule has 5 rings (SSSR count). The number of aromatic hydroxyl groups is 1. The van der Waals surface area contributed by atoms with Crippen LogP contribution in [0.4, 0.5) is 23.1 Å². The maximum absolute atomic E-state index is 13.9. The second kappa shape index (κ2) is 11.4. The fraction of sp³-hybridized carbons (Fsp3) is 0.296. The lowest BCUT2D eigenvalue weighted by Gasteiger charge is -2.20. The number of benzene rings is 2. The number of fused-ring (bicyclic) bond motifs is 1. The highest BCUT2D eigenvalue weighted by atomic mass is 35.5. The van der Waals surface area contributed by atoms with Crippen LogP contribution in [0.5, 0.6) is 5.88 Å². The third kappa shape index (κ3) is 5.87. The molecule has 2 aromatic heterocycles. The number of anilines is 1. The number of aromatic amines is 1. The van der Waals surface area contributed by atoms with Gasteiger partial charge in [-0.2, -0.15) is 23.3 Å². The fourth-order valence-corrected chi connectivity index (χ4v) is 5.79. The Balaban J connectivity index is 1.57. The van der Waals surface area contributed by atoms with Gasteiger partial charge in [0.05, 0.1) is 23.9 Å². The van der Waals surface area contributed by atoms with Gasteiger partial charge in [-0.3, -0.25) is 5.10 Å². The third-order valence-corrected chi connectivity index (χ3v) is 7.88. The Bertz CT molecular complexity index is 1570. The van der Waals surface area contributed by atoms with Crippen molar-refractivity contribution in [3.05, 3.63) is 69.2 Å². The lowest BCUT2D eigenvalue weighted by Crippen LogP contribution is -2.35. The quantitative estimate of drug-likeness (QED) is 0.252. The highest BCUT2D eigenvalue weighted by Crippen LogP contribution is 2.42. The number of carbonyl (C=O) groups excluding carboxylic acids is 1. The molecule has 4 aromatic rings. The van der Waals surface area contributed by atoms with Crippen LogP contribution < -0.4 is 4.90 Å². The van der Waals surface area contributed by atoms with E-state index < -0.39 is 11.7 Å². The van der Waals surface area contributed by atoms with Gasteiger partial charge < -0.3 is 19.6 Å². The summed E-state index contributed by atoms with van der Waals surface area (Å²) in [6.07, 6.45) is -1.36. The molecular weight excluding hydrogens is 567 g/mol. The fourth-order valence-electron chi connectivity index (χ4n) is 4.56. The van der Waals surface area contributed by atoms with Gasteiger partial charge in [0.2, 0.25) is 5.88 Å². The Morgan fingerprint density at radius 3 is 2.80 bits per heavy atom. The first-order valence-electron chi connectivity index (χ1n) is 12.5. The molecule has 2 N–H and O–H groups in total. The third-order valence-electron chi connectivity index (χ3n) is 6.51. The summed E-state index contributed by atoms with van der Waals surface area (Å²) in [7, 11) is 0. The topological polar surface area (TPSA) is 94.6 Å². The van der Waals surface area contributed by atoms with Crippen molar-refractivity contribution in [3.63, 3.8) is 0 Å². The molecule has 0 radical (unpaired) electrons. The number of amides is 1. The number of ether oxygens (including phenoxy) is 1. The maximum Gasteiger partial charge on any atom is 0.417 e. The van der Waals surface area contributed by atoms with Gasteiger partial charge in [-0.05, 0) is 54.8 Å².